The molecule has 1 atom stereocenters. The van der Waals surface area contributed by atoms with Crippen LogP contribution in [0.1, 0.15) is 24.8 Å². The number of nitrogens with zero attached hydrogens (tertiary/aromatic N) is 2. The third kappa shape index (κ3) is 5.35. The normalized spacial score (nSPS) is 17.8. The molecule has 1 amide bonds. The third-order valence-electron chi connectivity index (χ3n) is 3.13. The fourth-order valence-corrected chi connectivity index (χ4v) is 2.17. The lowest BCUT2D eigenvalue weighted by atomic mass is 10.0. The van der Waals surface area contributed by atoms with Gasteiger partial charge in [0.05, 0.1) is 6.04 Å². The SMILES string of the molecule is CN(Cc1cccnc1)C(=O)C1CCCCN1.Cl.Cl. The van der Waals surface area contributed by atoms with Crippen molar-refractivity contribution in [2.24, 2.45) is 0 Å². The summed E-state index contributed by atoms with van der Waals surface area (Å²) in [6.45, 7) is 1.59. The molecule has 1 saturated heterocycles. The number of halogens is 2. The molecule has 1 fully saturated rings. The molecule has 19 heavy (non-hydrogen) atoms. The second-order valence-corrected chi connectivity index (χ2v) is 4.56. The zero-order chi connectivity index (χ0) is 12.1. The van der Waals surface area contributed by atoms with Crippen LogP contribution in [0.5, 0.6) is 0 Å². The van der Waals surface area contributed by atoms with Crippen LogP contribution in [0.15, 0.2) is 24.5 Å². The lowest BCUT2D eigenvalue weighted by molar-refractivity contribution is -0.133. The highest BCUT2D eigenvalue weighted by Crippen LogP contribution is 2.10. The first-order valence-corrected chi connectivity index (χ1v) is 6.14. The van der Waals surface area contributed by atoms with Crippen molar-refractivity contribution in [3.63, 3.8) is 0 Å². The fraction of sp³-hybridized carbons (Fsp3) is 0.538. The summed E-state index contributed by atoms with van der Waals surface area (Å²) in [4.78, 5) is 18.0. The monoisotopic (exact) mass is 305 g/mol. The van der Waals surface area contributed by atoms with Crippen molar-refractivity contribution in [3.8, 4) is 0 Å². The molecule has 1 unspecified atom stereocenters. The molecule has 0 bridgehead atoms. The molecule has 0 saturated carbocycles. The number of hydrogen-bond acceptors (Lipinski definition) is 3. The van der Waals surface area contributed by atoms with Crippen molar-refractivity contribution in [1.82, 2.24) is 15.2 Å². The topological polar surface area (TPSA) is 45.2 Å². The molecule has 2 heterocycles. The van der Waals surface area contributed by atoms with Crippen molar-refractivity contribution >= 4 is 30.7 Å². The minimum Gasteiger partial charge on any atom is -0.340 e. The molecule has 0 aliphatic carbocycles. The van der Waals surface area contributed by atoms with E-state index in [0.717, 1.165) is 24.9 Å². The molecular formula is C13H21Cl2N3O. The highest BCUT2D eigenvalue weighted by atomic mass is 35.5. The summed E-state index contributed by atoms with van der Waals surface area (Å²) in [6.07, 6.45) is 6.82. The molecule has 108 valence electrons. The van der Waals surface area contributed by atoms with Crippen LogP contribution in [0.3, 0.4) is 0 Å². The molecule has 6 heteroatoms. The van der Waals surface area contributed by atoms with Gasteiger partial charge in [0.2, 0.25) is 5.91 Å². The van der Waals surface area contributed by atoms with E-state index in [9.17, 15) is 4.79 Å². The number of carbonyl (C=O) groups excluding carboxylic acids is 1. The number of piperidine rings is 1. The zero-order valence-corrected chi connectivity index (χ0v) is 12.7. The maximum absolute atomic E-state index is 12.1. The van der Waals surface area contributed by atoms with Crippen LogP contribution in [0.2, 0.25) is 0 Å². The maximum Gasteiger partial charge on any atom is 0.239 e. The van der Waals surface area contributed by atoms with Gasteiger partial charge in [-0.25, -0.2) is 0 Å². The predicted octanol–water partition coefficient (Wildman–Crippen LogP) is 2.03. The molecule has 4 nitrogen and oxygen atoms in total. The number of amides is 1. The van der Waals surface area contributed by atoms with Crippen molar-refractivity contribution in [3.05, 3.63) is 30.1 Å². The average molecular weight is 306 g/mol. The molecule has 0 spiro atoms. The molecule has 1 aliphatic rings. The van der Waals surface area contributed by atoms with Gasteiger partial charge in [-0.2, -0.15) is 0 Å². The van der Waals surface area contributed by atoms with Crippen LogP contribution >= 0.6 is 24.8 Å². The molecule has 1 aromatic rings. The number of aromatic nitrogens is 1. The van der Waals surface area contributed by atoms with Gasteiger partial charge in [-0.15, -0.1) is 24.8 Å². The summed E-state index contributed by atoms with van der Waals surface area (Å²) in [5, 5.41) is 3.28. The van der Waals surface area contributed by atoms with Crippen molar-refractivity contribution in [2.75, 3.05) is 13.6 Å². The first-order valence-electron chi connectivity index (χ1n) is 6.14. The van der Waals surface area contributed by atoms with Gasteiger partial charge in [-0.3, -0.25) is 9.78 Å². The van der Waals surface area contributed by atoms with E-state index in [-0.39, 0.29) is 36.8 Å². The standard InChI is InChI=1S/C13H19N3O.2ClH/c1-16(10-11-5-4-7-14-9-11)13(17)12-6-2-3-8-15-12;;/h4-5,7,9,12,15H,2-3,6,8,10H2,1H3;2*1H. The summed E-state index contributed by atoms with van der Waals surface area (Å²) >= 11 is 0. The Balaban J connectivity index is 0.00000162. The smallest absolute Gasteiger partial charge is 0.239 e. The van der Waals surface area contributed by atoms with Gasteiger partial charge in [0.25, 0.3) is 0 Å². The first kappa shape index (κ1) is 18.2. The minimum absolute atomic E-state index is 0. The lowest BCUT2D eigenvalue weighted by Gasteiger charge is -2.27. The Labute approximate surface area is 126 Å². The van der Waals surface area contributed by atoms with Crippen molar-refractivity contribution in [2.45, 2.75) is 31.8 Å². The Morgan fingerprint density at radius 3 is 2.84 bits per heavy atom. The van der Waals surface area contributed by atoms with Gasteiger partial charge in [0, 0.05) is 26.0 Å². The Bertz CT molecular complexity index is 369. The fourth-order valence-electron chi connectivity index (χ4n) is 2.17. The van der Waals surface area contributed by atoms with E-state index < -0.39 is 0 Å². The quantitative estimate of drug-likeness (QED) is 0.929. The number of carbonyl (C=O) groups is 1. The van der Waals surface area contributed by atoms with E-state index in [1.165, 1.54) is 6.42 Å². The summed E-state index contributed by atoms with van der Waals surface area (Å²) < 4.78 is 0. The highest BCUT2D eigenvalue weighted by molar-refractivity contribution is 5.85. The van der Waals surface area contributed by atoms with Gasteiger partial charge >= 0.3 is 0 Å². The van der Waals surface area contributed by atoms with Crippen LogP contribution in [0.25, 0.3) is 0 Å². The van der Waals surface area contributed by atoms with E-state index in [2.05, 4.69) is 10.3 Å². The largest absolute Gasteiger partial charge is 0.340 e. The summed E-state index contributed by atoms with van der Waals surface area (Å²) in [7, 11) is 1.85. The Hall–Kier alpha value is -0.840. The first-order chi connectivity index (χ1) is 8.27. The minimum atomic E-state index is 0. The van der Waals surface area contributed by atoms with Crippen LogP contribution in [-0.2, 0) is 11.3 Å². The van der Waals surface area contributed by atoms with Gasteiger partial charge < -0.3 is 10.2 Å². The lowest BCUT2D eigenvalue weighted by Crippen LogP contribution is -2.46. The molecule has 2 rings (SSSR count). The molecule has 1 N–H and O–H groups in total. The van der Waals surface area contributed by atoms with Crippen LogP contribution < -0.4 is 5.32 Å². The van der Waals surface area contributed by atoms with Gasteiger partial charge in [-0.1, -0.05) is 12.5 Å². The van der Waals surface area contributed by atoms with Gasteiger partial charge in [-0.05, 0) is 31.0 Å². The molecule has 0 aromatic carbocycles. The number of rotatable bonds is 3. The summed E-state index contributed by atoms with van der Waals surface area (Å²) in [5.41, 5.74) is 1.07. The van der Waals surface area contributed by atoms with E-state index in [4.69, 9.17) is 0 Å². The van der Waals surface area contributed by atoms with E-state index in [1.54, 1.807) is 17.3 Å². The number of nitrogens with one attached hydrogen (secondary N) is 1. The summed E-state index contributed by atoms with van der Waals surface area (Å²) in [6, 6.07) is 3.89. The average Bonchev–Trinajstić information content (AvgIpc) is 2.40. The van der Waals surface area contributed by atoms with Crippen molar-refractivity contribution in [1.29, 1.82) is 0 Å². The molecule has 0 radical (unpaired) electrons. The van der Waals surface area contributed by atoms with E-state index in [0.29, 0.717) is 6.54 Å². The number of likely N-dealkylation sites (N-methyl/N-ethyl adjacent to an activating group) is 1. The molecule has 1 aliphatic heterocycles. The third-order valence-corrected chi connectivity index (χ3v) is 3.13. The van der Waals surface area contributed by atoms with Gasteiger partial charge in [0.1, 0.15) is 0 Å². The second kappa shape index (κ2) is 9.13. The van der Waals surface area contributed by atoms with Crippen molar-refractivity contribution < 1.29 is 4.79 Å². The maximum atomic E-state index is 12.1. The van der Waals surface area contributed by atoms with Crippen LogP contribution in [-0.4, -0.2) is 35.4 Å². The Kier molecular flexibility index (Phi) is 8.72. The number of hydrogen-bond donors (Lipinski definition) is 1. The Morgan fingerprint density at radius 2 is 2.26 bits per heavy atom. The van der Waals surface area contributed by atoms with E-state index in [1.807, 2.05) is 19.2 Å². The summed E-state index contributed by atoms with van der Waals surface area (Å²) in [5.74, 6) is 0.188. The molecule has 1 aromatic heterocycles. The Morgan fingerprint density at radius 1 is 1.47 bits per heavy atom. The predicted molar refractivity (Wildman–Crippen MR) is 80.8 cm³/mol. The second-order valence-electron chi connectivity index (χ2n) is 4.56. The van der Waals surface area contributed by atoms with Gasteiger partial charge in [0.15, 0.2) is 0 Å². The van der Waals surface area contributed by atoms with E-state index >= 15 is 0 Å². The highest BCUT2D eigenvalue weighted by Gasteiger charge is 2.23. The zero-order valence-electron chi connectivity index (χ0n) is 11.0. The molecular weight excluding hydrogens is 285 g/mol. The van der Waals surface area contributed by atoms with Crippen LogP contribution in [0.4, 0.5) is 0 Å². The van der Waals surface area contributed by atoms with Crippen LogP contribution in [0, 0.1) is 0 Å². The number of pyridine rings is 1.